The van der Waals surface area contributed by atoms with Crippen LogP contribution in [0.1, 0.15) is 35.1 Å². The van der Waals surface area contributed by atoms with Crippen molar-refractivity contribution in [3.05, 3.63) is 70.3 Å². The van der Waals surface area contributed by atoms with Crippen molar-refractivity contribution in [3.8, 4) is 0 Å². The normalized spacial score (nSPS) is 12.5. The minimum absolute atomic E-state index is 0.0173. The van der Waals surface area contributed by atoms with E-state index in [1.54, 1.807) is 0 Å². The first-order valence-corrected chi connectivity index (χ1v) is 7.69. The molecule has 2 aromatic carbocycles. The lowest BCUT2D eigenvalue weighted by Crippen LogP contribution is -2.10. The van der Waals surface area contributed by atoms with E-state index in [9.17, 15) is 35.1 Å². The Morgan fingerprint density at radius 3 is 1.92 bits per heavy atom. The lowest BCUT2D eigenvalue weighted by atomic mass is 9.98. The van der Waals surface area contributed by atoms with Gasteiger partial charge in [0.25, 0.3) is 0 Å². The first-order chi connectivity index (χ1) is 12.0. The lowest BCUT2D eigenvalue weighted by molar-refractivity contribution is -0.139. The van der Waals surface area contributed by atoms with E-state index in [0.717, 1.165) is 24.3 Å². The summed E-state index contributed by atoms with van der Waals surface area (Å²) >= 11 is 0. The van der Waals surface area contributed by atoms with E-state index in [-0.39, 0.29) is 36.8 Å². The van der Waals surface area contributed by atoms with Crippen molar-refractivity contribution < 1.29 is 35.1 Å². The average Bonchev–Trinajstić information content (AvgIpc) is 2.50. The molecule has 2 aromatic rings. The zero-order chi connectivity index (χ0) is 19.5. The van der Waals surface area contributed by atoms with Gasteiger partial charge in [-0.1, -0.05) is 6.07 Å². The predicted octanol–water partition coefficient (Wildman–Crippen LogP) is 6.57. The number of hydrogen-bond donors (Lipinski definition) is 0. The van der Waals surface area contributed by atoms with Gasteiger partial charge in [-0.25, -0.2) is 8.78 Å². The molecule has 0 fully saturated rings. The van der Waals surface area contributed by atoms with Gasteiger partial charge in [-0.05, 0) is 67.1 Å². The Kier molecular flexibility index (Phi) is 5.93. The van der Waals surface area contributed by atoms with Gasteiger partial charge in [0.05, 0.1) is 11.1 Å². The molecule has 0 nitrogen and oxygen atoms in total. The third-order valence-electron chi connectivity index (χ3n) is 3.82. The molecule has 0 saturated carbocycles. The molecule has 0 aliphatic heterocycles. The minimum Gasteiger partial charge on any atom is -0.207 e. The molecule has 0 spiro atoms. The maximum absolute atomic E-state index is 13.3. The number of hydrogen-bond acceptors (Lipinski definition) is 0. The summed E-state index contributed by atoms with van der Waals surface area (Å²) in [6.07, 6.45) is -8.81. The highest BCUT2D eigenvalue weighted by atomic mass is 19.4. The minimum atomic E-state index is -4.69. The summed E-state index contributed by atoms with van der Waals surface area (Å²) in [6, 6.07) is 4.56. The molecule has 0 aliphatic carbocycles. The Morgan fingerprint density at radius 2 is 1.31 bits per heavy atom. The van der Waals surface area contributed by atoms with Crippen LogP contribution in [0, 0.1) is 11.6 Å². The van der Waals surface area contributed by atoms with Crippen LogP contribution in [0.4, 0.5) is 35.1 Å². The summed E-state index contributed by atoms with van der Waals surface area (Å²) < 4.78 is 103. The second-order valence-corrected chi connectivity index (χ2v) is 5.85. The summed E-state index contributed by atoms with van der Waals surface area (Å²) in [5.41, 5.74) is -2.14. The number of halogens is 8. The molecule has 0 aliphatic rings. The molecule has 26 heavy (non-hydrogen) atoms. The standard InChI is InChI=1S/C18H14F8/c19-14-6-5-12(16(10-14)18(24,25)26)4-2-1-3-11-7-13(17(21,22)23)9-15(20)8-11/h5-10H,1-4H2. The van der Waals surface area contributed by atoms with Gasteiger partial charge in [-0.15, -0.1) is 0 Å². The fourth-order valence-corrected chi connectivity index (χ4v) is 2.63. The van der Waals surface area contributed by atoms with Crippen molar-refractivity contribution in [2.45, 2.75) is 38.0 Å². The molecule has 142 valence electrons. The van der Waals surface area contributed by atoms with Gasteiger partial charge in [-0.2, -0.15) is 26.3 Å². The molecule has 0 radical (unpaired) electrons. The first-order valence-electron chi connectivity index (χ1n) is 7.69. The number of unbranched alkanes of at least 4 members (excludes halogenated alkanes) is 1. The van der Waals surface area contributed by atoms with E-state index in [1.165, 1.54) is 0 Å². The maximum atomic E-state index is 13.3. The number of rotatable bonds is 5. The Labute approximate surface area is 144 Å². The van der Waals surface area contributed by atoms with Crippen molar-refractivity contribution in [3.63, 3.8) is 0 Å². The zero-order valence-corrected chi connectivity index (χ0v) is 13.3. The van der Waals surface area contributed by atoms with Gasteiger partial charge >= 0.3 is 12.4 Å². The number of aryl methyl sites for hydroxylation is 2. The van der Waals surface area contributed by atoms with Crippen LogP contribution < -0.4 is 0 Å². The third-order valence-corrected chi connectivity index (χ3v) is 3.82. The van der Waals surface area contributed by atoms with Crippen molar-refractivity contribution in [2.24, 2.45) is 0 Å². The molecule has 8 heteroatoms. The highest BCUT2D eigenvalue weighted by molar-refractivity contribution is 5.31. The molecule has 0 saturated heterocycles. The van der Waals surface area contributed by atoms with Gasteiger partial charge in [-0.3, -0.25) is 0 Å². The van der Waals surface area contributed by atoms with Crippen LogP contribution in [-0.4, -0.2) is 0 Å². The Balaban J connectivity index is 2.01. The summed E-state index contributed by atoms with van der Waals surface area (Å²) in [5.74, 6) is -2.02. The van der Waals surface area contributed by atoms with E-state index >= 15 is 0 Å². The van der Waals surface area contributed by atoms with Crippen LogP contribution in [0.25, 0.3) is 0 Å². The Morgan fingerprint density at radius 1 is 0.654 bits per heavy atom. The van der Waals surface area contributed by atoms with E-state index in [4.69, 9.17) is 0 Å². The van der Waals surface area contributed by atoms with Gasteiger partial charge in [0.2, 0.25) is 0 Å². The Bertz CT molecular complexity index is 759. The van der Waals surface area contributed by atoms with E-state index in [1.807, 2.05) is 0 Å². The molecule has 0 atom stereocenters. The largest absolute Gasteiger partial charge is 0.416 e. The monoisotopic (exact) mass is 382 g/mol. The first kappa shape index (κ1) is 20.2. The predicted molar refractivity (Wildman–Crippen MR) is 79.4 cm³/mol. The smallest absolute Gasteiger partial charge is 0.207 e. The molecule has 2 rings (SSSR count). The quantitative estimate of drug-likeness (QED) is 0.405. The zero-order valence-electron chi connectivity index (χ0n) is 13.3. The fraction of sp³-hybridized carbons (Fsp3) is 0.333. The van der Waals surface area contributed by atoms with Crippen molar-refractivity contribution in [1.29, 1.82) is 0 Å². The summed E-state index contributed by atoms with van der Waals surface area (Å²) in [4.78, 5) is 0. The highest BCUT2D eigenvalue weighted by Crippen LogP contribution is 2.33. The second-order valence-electron chi connectivity index (χ2n) is 5.85. The van der Waals surface area contributed by atoms with E-state index in [2.05, 4.69) is 0 Å². The number of benzene rings is 2. The molecule has 0 bridgehead atoms. The lowest BCUT2D eigenvalue weighted by Gasteiger charge is -2.13. The van der Waals surface area contributed by atoms with Crippen molar-refractivity contribution in [2.75, 3.05) is 0 Å². The highest BCUT2D eigenvalue weighted by Gasteiger charge is 2.33. The summed E-state index contributed by atoms with van der Waals surface area (Å²) in [5, 5.41) is 0. The van der Waals surface area contributed by atoms with Crippen molar-refractivity contribution >= 4 is 0 Å². The third kappa shape index (κ3) is 5.44. The maximum Gasteiger partial charge on any atom is 0.416 e. The van der Waals surface area contributed by atoms with Gasteiger partial charge < -0.3 is 0 Å². The molecular weight excluding hydrogens is 368 g/mol. The van der Waals surface area contributed by atoms with Crippen molar-refractivity contribution in [1.82, 2.24) is 0 Å². The van der Waals surface area contributed by atoms with E-state index < -0.39 is 35.1 Å². The van der Waals surface area contributed by atoms with Gasteiger partial charge in [0.15, 0.2) is 0 Å². The van der Waals surface area contributed by atoms with Crippen LogP contribution in [0.5, 0.6) is 0 Å². The molecule has 0 heterocycles. The molecule has 0 unspecified atom stereocenters. The topological polar surface area (TPSA) is 0 Å². The second kappa shape index (κ2) is 7.63. The van der Waals surface area contributed by atoms with Crippen LogP contribution in [0.2, 0.25) is 0 Å². The average molecular weight is 382 g/mol. The summed E-state index contributed by atoms with van der Waals surface area (Å²) in [7, 11) is 0. The molecular formula is C18H14F8. The van der Waals surface area contributed by atoms with Gasteiger partial charge in [0.1, 0.15) is 11.6 Å². The SMILES string of the molecule is Fc1cc(CCCCc2ccc(F)cc2C(F)(F)F)cc(C(F)(F)F)c1. The van der Waals surface area contributed by atoms with Crippen LogP contribution >= 0.6 is 0 Å². The van der Waals surface area contributed by atoms with Crippen LogP contribution in [0.15, 0.2) is 36.4 Å². The van der Waals surface area contributed by atoms with E-state index in [0.29, 0.717) is 12.1 Å². The van der Waals surface area contributed by atoms with Crippen LogP contribution in [-0.2, 0) is 25.2 Å². The molecule has 0 N–H and O–H groups in total. The number of alkyl halides is 6. The van der Waals surface area contributed by atoms with Crippen LogP contribution in [0.3, 0.4) is 0 Å². The molecule has 0 amide bonds. The Hall–Kier alpha value is -2.12. The fourth-order valence-electron chi connectivity index (χ4n) is 2.63. The van der Waals surface area contributed by atoms with Gasteiger partial charge in [0, 0.05) is 0 Å². The molecule has 0 aromatic heterocycles. The summed E-state index contributed by atoms with van der Waals surface area (Å²) in [6.45, 7) is 0.